The number of fused-ring (bicyclic) bond motifs is 1. The van der Waals surface area contributed by atoms with E-state index in [1.165, 1.54) is 6.92 Å². The number of aromatic amines is 1. The largest absolute Gasteiger partial charge is 0.481 e. The van der Waals surface area contributed by atoms with Crippen molar-refractivity contribution in [3.63, 3.8) is 0 Å². The van der Waals surface area contributed by atoms with Crippen LogP contribution < -0.4 is 21.7 Å². The van der Waals surface area contributed by atoms with Crippen molar-refractivity contribution in [1.29, 1.82) is 0 Å². The van der Waals surface area contributed by atoms with E-state index in [0.29, 0.717) is 5.56 Å². The molecule has 0 bridgehead atoms. The lowest BCUT2D eigenvalue weighted by molar-refractivity contribution is -0.142. The highest BCUT2D eigenvalue weighted by atomic mass is 16.4. The van der Waals surface area contributed by atoms with E-state index in [1.807, 2.05) is 18.2 Å². The summed E-state index contributed by atoms with van der Waals surface area (Å²) in [5.41, 5.74) is 7.09. The second-order valence-corrected chi connectivity index (χ2v) is 7.98. The molecule has 2 aromatic rings. The van der Waals surface area contributed by atoms with Crippen LogP contribution in [0.2, 0.25) is 0 Å². The van der Waals surface area contributed by atoms with Gasteiger partial charge in [0.05, 0.1) is 12.6 Å². The molecule has 4 atom stereocenters. The lowest BCUT2D eigenvalue weighted by Gasteiger charge is -2.22. The van der Waals surface area contributed by atoms with E-state index in [9.17, 15) is 34.2 Å². The lowest BCUT2D eigenvalue weighted by atomic mass is 10.0. The second kappa shape index (κ2) is 12.5. The van der Waals surface area contributed by atoms with Crippen LogP contribution in [0.25, 0.3) is 10.9 Å². The highest BCUT2D eigenvalue weighted by Crippen LogP contribution is 2.19. The SMILES string of the molecule is CC(NC(=O)C(CO)NC(=O)C(N)CCC(=O)O)C(=O)NC(Cc1c[nH]c2ccccc12)C(=O)O. The molecule has 1 heterocycles. The second-order valence-electron chi connectivity index (χ2n) is 7.98. The summed E-state index contributed by atoms with van der Waals surface area (Å²) in [4.78, 5) is 62.4. The Morgan fingerprint density at radius 3 is 2.26 bits per heavy atom. The number of benzene rings is 1. The van der Waals surface area contributed by atoms with E-state index < -0.39 is 60.4 Å². The van der Waals surface area contributed by atoms with Crippen LogP contribution in [0.15, 0.2) is 30.5 Å². The molecule has 4 unspecified atom stereocenters. The molecular weight excluding hydrogens is 462 g/mol. The number of carboxylic acids is 2. The van der Waals surface area contributed by atoms with Gasteiger partial charge in [0.2, 0.25) is 17.7 Å². The van der Waals surface area contributed by atoms with E-state index in [-0.39, 0.29) is 19.3 Å². The van der Waals surface area contributed by atoms with E-state index in [0.717, 1.165) is 10.9 Å². The van der Waals surface area contributed by atoms with Crippen molar-refractivity contribution in [1.82, 2.24) is 20.9 Å². The zero-order valence-electron chi connectivity index (χ0n) is 19.0. The third-order valence-electron chi connectivity index (χ3n) is 5.29. The average molecular weight is 492 g/mol. The molecule has 3 amide bonds. The molecule has 2 rings (SSSR count). The van der Waals surface area contributed by atoms with Crippen LogP contribution in [0.4, 0.5) is 0 Å². The molecule has 0 saturated carbocycles. The number of carboxylic acid groups (broad SMARTS) is 2. The molecule has 1 aromatic heterocycles. The highest BCUT2D eigenvalue weighted by Gasteiger charge is 2.28. The molecule has 0 fully saturated rings. The van der Waals surface area contributed by atoms with Gasteiger partial charge in [-0.3, -0.25) is 19.2 Å². The van der Waals surface area contributed by atoms with E-state index in [1.54, 1.807) is 12.3 Å². The number of amides is 3. The summed E-state index contributed by atoms with van der Waals surface area (Å²) in [5, 5.41) is 35.4. The predicted molar refractivity (Wildman–Crippen MR) is 123 cm³/mol. The monoisotopic (exact) mass is 491 g/mol. The van der Waals surface area contributed by atoms with Crippen LogP contribution in [0.1, 0.15) is 25.3 Å². The maximum Gasteiger partial charge on any atom is 0.326 e. The number of hydrogen-bond donors (Lipinski definition) is 8. The fraction of sp³-hybridized carbons (Fsp3) is 0.409. The maximum absolute atomic E-state index is 12.6. The Labute approximate surface area is 200 Å². The van der Waals surface area contributed by atoms with E-state index >= 15 is 0 Å². The quantitative estimate of drug-likeness (QED) is 0.162. The molecule has 190 valence electrons. The van der Waals surface area contributed by atoms with Crippen LogP contribution in [-0.2, 0) is 30.4 Å². The fourth-order valence-electron chi connectivity index (χ4n) is 3.28. The van der Waals surface area contributed by atoms with Crippen LogP contribution in [0, 0.1) is 0 Å². The molecular formula is C22H29N5O8. The summed E-state index contributed by atoms with van der Waals surface area (Å²) >= 11 is 0. The standard InChI is InChI=1S/C22H29N5O8/c1-11(25-21(33)17(10-28)27-20(32)14(23)6-7-18(29)30)19(31)26-16(22(34)35)8-12-9-24-15-5-3-2-4-13(12)15/h2-5,9,11,14,16-17,24,28H,6-8,10,23H2,1H3,(H,25,33)(H,26,31)(H,27,32)(H,29,30)(H,34,35). The molecule has 35 heavy (non-hydrogen) atoms. The molecule has 0 radical (unpaired) electrons. The number of H-pyrrole nitrogens is 1. The van der Waals surface area contributed by atoms with Crippen molar-refractivity contribution in [3.8, 4) is 0 Å². The zero-order valence-corrected chi connectivity index (χ0v) is 19.0. The minimum Gasteiger partial charge on any atom is -0.481 e. The van der Waals surface area contributed by atoms with Crippen molar-refractivity contribution >= 4 is 40.6 Å². The minimum absolute atomic E-state index is 0.00466. The van der Waals surface area contributed by atoms with Gasteiger partial charge in [0.15, 0.2) is 0 Å². The Kier molecular flexibility index (Phi) is 9.73. The van der Waals surface area contributed by atoms with Crippen molar-refractivity contribution in [2.75, 3.05) is 6.61 Å². The van der Waals surface area contributed by atoms with Crippen LogP contribution >= 0.6 is 0 Å². The Balaban J connectivity index is 1.95. The summed E-state index contributed by atoms with van der Waals surface area (Å²) < 4.78 is 0. The lowest BCUT2D eigenvalue weighted by Crippen LogP contribution is -2.57. The number of aromatic nitrogens is 1. The first-order valence-electron chi connectivity index (χ1n) is 10.8. The molecule has 13 heteroatoms. The van der Waals surface area contributed by atoms with Gasteiger partial charge in [-0.15, -0.1) is 0 Å². The first-order chi connectivity index (χ1) is 16.5. The number of aliphatic hydroxyl groups is 1. The van der Waals surface area contributed by atoms with Crippen molar-refractivity contribution in [2.45, 2.75) is 50.4 Å². The van der Waals surface area contributed by atoms with Gasteiger partial charge in [0, 0.05) is 29.9 Å². The summed E-state index contributed by atoms with van der Waals surface area (Å²) in [6.45, 7) is 0.503. The Morgan fingerprint density at radius 2 is 1.63 bits per heavy atom. The molecule has 0 saturated heterocycles. The molecule has 9 N–H and O–H groups in total. The molecule has 0 aliphatic heterocycles. The topological polar surface area (TPSA) is 224 Å². The summed E-state index contributed by atoms with van der Waals surface area (Å²) in [6.07, 6.45) is 1.13. The van der Waals surface area contributed by atoms with Gasteiger partial charge in [-0.05, 0) is 25.0 Å². The van der Waals surface area contributed by atoms with Gasteiger partial charge in [-0.2, -0.15) is 0 Å². The van der Waals surface area contributed by atoms with Gasteiger partial charge in [-0.1, -0.05) is 18.2 Å². The number of rotatable bonds is 13. The van der Waals surface area contributed by atoms with Crippen molar-refractivity contribution < 1.29 is 39.3 Å². The number of carbonyl (C=O) groups excluding carboxylic acids is 3. The number of nitrogens with two attached hydrogens (primary N) is 1. The molecule has 0 aliphatic carbocycles. The van der Waals surface area contributed by atoms with Gasteiger partial charge < -0.3 is 42.0 Å². The van der Waals surface area contributed by atoms with Crippen LogP contribution in [-0.4, -0.2) is 80.7 Å². The number of aliphatic hydroxyl groups excluding tert-OH is 1. The molecule has 13 nitrogen and oxygen atoms in total. The number of hydrogen-bond acceptors (Lipinski definition) is 7. The van der Waals surface area contributed by atoms with E-state index in [4.69, 9.17) is 10.8 Å². The van der Waals surface area contributed by atoms with Crippen LogP contribution in [0.3, 0.4) is 0 Å². The predicted octanol–water partition coefficient (Wildman–Crippen LogP) is -1.55. The number of para-hydroxylation sites is 1. The van der Waals surface area contributed by atoms with Gasteiger partial charge in [0.25, 0.3) is 0 Å². The van der Waals surface area contributed by atoms with Gasteiger partial charge in [-0.25, -0.2) is 4.79 Å². The third-order valence-corrected chi connectivity index (χ3v) is 5.29. The van der Waals surface area contributed by atoms with Gasteiger partial charge in [0.1, 0.15) is 18.1 Å². The first kappa shape index (κ1) is 27.3. The number of carbonyl (C=O) groups is 5. The number of aliphatic carboxylic acids is 2. The highest BCUT2D eigenvalue weighted by molar-refractivity contribution is 5.94. The normalized spacial score (nSPS) is 14.4. The Bertz CT molecular complexity index is 1080. The zero-order chi connectivity index (χ0) is 26.1. The summed E-state index contributed by atoms with van der Waals surface area (Å²) in [6, 6.07) is 2.16. The number of nitrogens with one attached hydrogen (secondary N) is 4. The third kappa shape index (κ3) is 7.79. The smallest absolute Gasteiger partial charge is 0.326 e. The van der Waals surface area contributed by atoms with Gasteiger partial charge >= 0.3 is 11.9 Å². The summed E-state index contributed by atoms with van der Waals surface area (Å²) in [7, 11) is 0. The fourth-order valence-corrected chi connectivity index (χ4v) is 3.28. The maximum atomic E-state index is 12.6. The van der Waals surface area contributed by atoms with Crippen molar-refractivity contribution in [3.05, 3.63) is 36.0 Å². The first-order valence-corrected chi connectivity index (χ1v) is 10.8. The van der Waals surface area contributed by atoms with Crippen LogP contribution in [0.5, 0.6) is 0 Å². The average Bonchev–Trinajstić information content (AvgIpc) is 3.22. The Morgan fingerprint density at radius 1 is 0.971 bits per heavy atom. The minimum atomic E-state index is -1.45. The van der Waals surface area contributed by atoms with E-state index in [2.05, 4.69) is 20.9 Å². The summed E-state index contributed by atoms with van der Waals surface area (Å²) in [5.74, 6) is -4.95. The van der Waals surface area contributed by atoms with Crippen molar-refractivity contribution in [2.24, 2.45) is 5.73 Å². The molecule has 0 aliphatic rings. The Hall–Kier alpha value is -3.97. The molecule has 0 spiro atoms. The molecule has 1 aromatic carbocycles.